The summed E-state index contributed by atoms with van der Waals surface area (Å²) >= 11 is 5.05. The minimum Gasteiger partial charge on any atom is -0.392 e. The second-order valence-corrected chi connectivity index (χ2v) is 6.04. The van der Waals surface area contributed by atoms with Crippen molar-refractivity contribution in [1.82, 2.24) is 10.2 Å². The number of carbonyl (C=O) groups is 1. The molecule has 1 atom stereocenters. The Morgan fingerprint density at radius 1 is 1.39 bits per heavy atom. The standard InChI is InChI=1S/C13H23N3OS/c1-10(16-7-2-3-8-16)9-15-12(17)13(11(14)18)5-4-6-13/h10H,2-9H2,1H3,(H2,14,18)(H,15,17). The summed E-state index contributed by atoms with van der Waals surface area (Å²) in [6.45, 7) is 5.16. The molecule has 3 N–H and O–H groups in total. The first-order valence-electron chi connectivity index (χ1n) is 6.88. The number of amides is 1. The third-order valence-electron chi connectivity index (χ3n) is 4.44. The Morgan fingerprint density at radius 3 is 2.44 bits per heavy atom. The zero-order valence-corrected chi connectivity index (χ0v) is 11.9. The van der Waals surface area contributed by atoms with Crippen molar-refractivity contribution in [3.8, 4) is 0 Å². The summed E-state index contributed by atoms with van der Waals surface area (Å²) < 4.78 is 0. The molecule has 1 aliphatic heterocycles. The molecule has 0 radical (unpaired) electrons. The molecule has 2 fully saturated rings. The normalized spacial score (nSPS) is 24.3. The Balaban J connectivity index is 1.82. The van der Waals surface area contributed by atoms with E-state index < -0.39 is 5.41 Å². The lowest BCUT2D eigenvalue weighted by Crippen LogP contribution is -2.54. The Labute approximate surface area is 114 Å². The van der Waals surface area contributed by atoms with E-state index in [0.717, 1.165) is 32.4 Å². The Morgan fingerprint density at radius 2 is 2.00 bits per heavy atom. The van der Waals surface area contributed by atoms with Crippen molar-refractivity contribution in [2.24, 2.45) is 11.1 Å². The third kappa shape index (κ3) is 2.52. The highest BCUT2D eigenvalue weighted by molar-refractivity contribution is 7.80. The van der Waals surface area contributed by atoms with E-state index in [0.29, 0.717) is 17.6 Å². The lowest BCUT2D eigenvalue weighted by molar-refractivity contribution is -0.131. The summed E-state index contributed by atoms with van der Waals surface area (Å²) in [5.41, 5.74) is 5.18. The highest BCUT2D eigenvalue weighted by atomic mass is 32.1. The van der Waals surface area contributed by atoms with Gasteiger partial charge in [-0.2, -0.15) is 0 Å². The van der Waals surface area contributed by atoms with Crippen molar-refractivity contribution in [3.05, 3.63) is 0 Å². The van der Waals surface area contributed by atoms with Crippen LogP contribution in [-0.2, 0) is 4.79 Å². The van der Waals surface area contributed by atoms with Gasteiger partial charge >= 0.3 is 0 Å². The average Bonchev–Trinajstić information content (AvgIpc) is 2.76. The molecule has 0 aromatic heterocycles. The highest BCUT2D eigenvalue weighted by Gasteiger charge is 2.46. The monoisotopic (exact) mass is 269 g/mol. The molecule has 1 aliphatic carbocycles. The molecule has 1 saturated carbocycles. The number of thiocarbonyl (C=S) groups is 1. The van der Waals surface area contributed by atoms with Crippen molar-refractivity contribution < 1.29 is 4.79 Å². The fourth-order valence-corrected chi connectivity index (χ4v) is 3.13. The average molecular weight is 269 g/mol. The van der Waals surface area contributed by atoms with Gasteiger partial charge in [-0.1, -0.05) is 18.6 Å². The van der Waals surface area contributed by atoms with Gasteiger partial charge in [0.1, 0.15) is 0 Å². The lowest BCUT2D eigenvalue weighted by Gasteiger charge is -2.39. The maximum atomic E-state index is 12.2. The van der Waals surface area contributed by atoms with Crippen molar-refractivity contribution in [3.63, 3.8) is 0 Å². The van der Waals surface area contributed by atoms with Crippen LogP contribution in [0.4, 0.5) is 0 Å². The van der Waals surface area contributed by atoms with Crippen molar-refractivity contribution in [1.29, 1.82) is 0 Å². The fraction of sp³-hybridized carbons (Fsp3) is 0.846. The van der Waals surface area contributed by atoms with Gasteiger partial charge in [-0.3, -0.25) is 9.69 Å². The van der Waals surface area contributed by atoms with Crippen LogP contribution in [0.1, 0.15) is 39.0 Å². The van der Waals surface area contributed by atoms with Gasteiger partial charge in [0.2, 0.25) is 5.91 Å². The fourth-order valence-electron chi connectivity index (χ4n) is 2.84. The Kier molecular flexibility index (Phi) is 4.22. The number of nitrogens with two attached hydrogens (primary N) is 1. The van der Waals surface area contributed by atoms with Crippen LogP contribution in [0, 0.1) is 5.41 Å². The van der Waals surface area contributed by atoms with Crippen LogP contribution in [0.15, 0.2) is 0 Å². The van der Waals surface area contributed by atoms with Crippen molar-refractivity contribution in [2.75, 3.05) is 19.6 Å². The molecule has 2 rings (SSSR count). The number of hydrogen-bond acceptors (Lipinski definition) is 3. The molecule has 0 spiro atoms. The van der Waals surface area contributed by atoms with Crippen LogP contribution in [-0.4, -0.2) is 41.5 Å². The molecule has 102 valence electrons. The quantitative estimate of drug-likeness (QED) is 0.732. The van der Waals surface area contributed by atoms with Crippen LogP contribution < -0.4 is 11.1 Å². The smallest absolute Gasteiger partial charge is 0.233 e. The minimum atomic E-state index is -0.542. The molecule has 2 aliphatic rings. The first-order chi connectivity index (χ1) is 8.56. The van der Waals surface area contributed by atoms with E-state index in [9.17, 15) is 4.79 Å². The van der Waals surface area contributed by atoms with E-state index in [4.69, 9.17) is 18.0 Å². The van der Waals surface area contributed by atoms with Gasteiger partial charge in [0.25, 0.3) is 0 Å². The van der Waals surface area contributed by atoms with Gasteiger partial charge in [0.05, 0.1) is 10.4 Å². The molecule has 1 heterocycles. The Bertz CT molecular complexity index is 335. The largest absolute Gasteiger partial charge is 0.392 e. The topological polar surface area (TPSA) is 58.4 Å². The summed E-state index contributed by atoms with van der Waals surface area (Å²) in [6, 6.07) is 0.403. The van der Waals surface area contributed by atoms with Crippen LogP contribution in [0.2, 0.25) is 0 Å². The van der Waals surface area contributed by atoms with Crippen LogP contribution >= 0.6 is 12.2 Å². The first-order valence-corrected chi connectivity index (χ1v) is 7.29. The molecule has 1 unspecified atom stereocenters. The van der Waals surface area contributed by atoms with Gasteiger partial charge in [0.15, 0.2) is 0 Å². The van der Waals surface area contributed by atoms with Crippen molar-refractivity contribution >= 4 is 23.1 Å². The third-order valence-corrected chi connectivity index (χ3v) is 4.83. The van der Waals surface area contributed by atoms with E-state index in [1.54, 1.807) is 0 Å². The molecule has 0 bridgehead atoms. The predicted molar refractivity (Wildman–Crippen MR) is 76.3 cm³/mol. The number of nitrogens with one attached hydrogen (secondary N) is 1. The number of nitrogens with zero attached hydrogens (tertiary/aromatic N) is 1. The summed E-state index contributed by atoms with van der Waals surface area (Å²) in [6.07, 6.45) is 5.22. The molecular weight excluding hydrogens is 246 g/mol. The highest BCUT2D eigenvalue weighted by Crippen LogP contribution is 2.41. The van der Waals surface area contributed by atoms with E-state index in [1.807, 2.05) is 0 Å². The van der Waals surface area contributed by atoms with Crippen LogP contribution in [0.3, 0.4) is 0 Å². The maximum absolute atomic E-state index is 12.2. The van der Waals surface area contributed by atoms with Gasteiger partial charge in [-0.25, -0.2) is 0 Å². The van der Waals surface area contributed by atoms with E-state index in [2.05, 4.69) is 17.1 Å². The summed E-state index contributed by atoms with van der Waals surface area (Å²) in [7, 11) is 0. The molecule has 1 amide bonds. The first kappa shape index (κ1) is 13.7. The Hall–Kier alpha value is -0.680. The zero-order valence-electron chi connectivity index (χ0n) is 11.1. The van der Waals surface area contributed by atoms with Gasteiger partial charge in [-0.05, 0) is 45.7 Å². The minimum absolute atomic E-state index is 0.0345. The summed E-state index contributed by atoms with van der Waals surface area (Å²) in [5.74, 6) is 0.0345. The second kappa shape index (κ2) is 5.53. The summed E-state index contributed by atoms with van der Waals surface area (Å²) in [5, 5.41) is 3.04. The molecule has 5 heteroatoms. The molecule has 1 saturated heterocycles. The van der Waals surface area contributed by atoms with Gasteiger partial charge in [-0.15, -0.1) is 0 Å². The number of carbonyl (C=O) groups excluding carboxylic acids is 1. The maximum Gasteiger partial charge on any atom is 0.233 e. The van der Waals surface area contributed by atoms with Gasteiger partial charge < -0.3 is 11.1 Å². The summed E-state index contributed by atoms with van der Waals surface area (Å²) in [4.78, 5) is 15.0. The number of hydrogen-bond donors (Lipinski definition) is 2. The molecule has 0 aromatic rings. The molecule has 4 nitrogen and oxygen atoms in total. The van der Waals surface area contributed by atoms with E-state index in [1.165, 1.54) is 12.8 Å². The second-order valence-electron chi connectivity index (χ2n) is 5.60. The van der Waals surface area contributed by atoms with E-state index >= 15 is 0 Å². The molecule has 0 aromatic carbocycles. The van der Waals surface area contributed by atoms with Crippen LogP contribution in [0.25, 0.3) is 0 Å². The van der Waals surface area contributed by atoms with Crippen molar-refractivity contribution in [2.45, 2.75) is 45.1 Å². The SMILES string of the molecule is CC(CNC(=O)C1(C(N)=S)CCC1)N1CCCC1. The molecule has 18 heavy (non-hydrogen) atoms. The predicted octanol–water partition coefficient (Wildman–Crippen LogP) is 1.04. The number of rotatable bonds is 5. The van der Waals surface area contributed by atoms with Gasteiger partial charge in [0, 0.05) is 12.6 Å². The van der Waals surface area contributed by atoms with E-state index in [-0.39, 0.29) is 5.91 Å². The number of likely N-dealkylation sites (tertiary alicyclic amines) is 1. The molecular formula is C13H23N3OS. The zero-order chi connectivity index (χ0) is 13.2. The van der Waals surface area contributed by atoms with Crippen LogP contribution in [0.5, 0.6) is 0 Å². The lowest BCUT2D eigenvalue weighted by atomic mass is 9.68.